The van der Waals surface area contributed by atoms with Crippen molar-refractivity contribution in [2.45, 2.75) is 25.4 Å². The van der Waals surface area contributed by atoms with Gasteiger partial charge >= 0.3 is 0 Å². The molecule has 6 heteroatoms. The van der Waals surface area contributed by atoms with Crippen LogP contribution in [0.2, 0.25) is 0 Å². The Morgan fingerprint density at radius 2 is 2.25 bits per heavy atom. The van der Waals surface area contributed by atoms with Crippen molar-refractivity contribution in [3.05, 3.63) is 54.1 Å². The van der Waals surface area contributed by atoms with Crippen LogP contribution in [0.1, 0.15) is 17.8 Å². The largest absolute Gasteiger partial charge is 0.378 e. The number of rotatable bonds is 7. The van der Waals surface area contributed by atoms with Crippen LogP contribution in [0.4, 0.5) is 0 Å². The maximum atomic E-state index is 12.0. The van der Waals surface area contributed by atoms with Gasteiger partial charge in [-0.05, 0) is 5.56 Å². The van der Waals surface area contributed by atoms with Gasteiger partial charge in [0.1, 0.15) is 5.82 Å². The van der Waals surface area contributed by atoms with E-state index in [0.717, 1.165) is 31.9 Å². The first-order valence-electron chi connectivity index (χ1n) is 8.43. The number of hydrogen-bond acceptors (Lipinski definition) is 4. The Hall–Kier alpha value is -2.18. The summed E-state index contributed by atoms with van der Waals surface area (Å²) in [6.45, 7) is 3.54. The van der Waals surface area contributed by atoms with Crippen molar-refractivity contribution in [3.8, 4) is 0 Å². The fourth-order valence-electron chi connectivity index (χ4n) is 2.85. The van der Waals surface area contributed by atoms with E-state index in [1.54, 1.807) is 0 Å². The molecule has 1 atom stereocenters. The van der Waals surface area contributed by atoms with Crippen LogP contribution in [0.25, 0.3) is 0 Å². The van der Waals surface area contributed by atoms with Gasteiger partial charge in [0, 0.05) is 50.9 Å². The van der Waals surface area contributed by atoms with Gasteiger partial charge in [-0.25, -0.2) is 4.98 Å². The molecular weight excluding hydrogens is 304 g/mol. The summed E-state index contributed by atoms with van der Waals surface area (Å²) in [5.41, 5.74) is 1.24. The lowest BCUT2D eigenvalue weighted by Crippen LogP contribution is -2.44. The number of hydrogen-bond donors (Lipinski definition) is 2. The van der Waals surface area contributed by atoms with Crippen LogP contribution in [0.15, 0.2) is 42.7 Å². The second kappa shape index (κ2) is 8.61. The molecule has 1 aliphatic heterocycles. The Labute approximate surface area is 142 Å². The summed E-state index contributed by atoms with van der Waals surface area (Å²) in [4.78, 5) is 16.4. The Kier molecular flexibility index (Phi) is 5.98. The van der Waals surface area contributed by atoms with Gasteiger partial charge in [0.2, 0.25) is 5.91 Å². The minimum Gasteiger partial charge on any atom is -0.378 e. The number of amides is 1. The molecule has 1 fully saturated rings. The summed E-state index contributed by atoms with van der Waals surface area (Å²) in [7, 11) is 0. The van der Waals surface area contributed by atoms with E-state index in [9.17, 15) is 4.79 Å². The van der Waals surface area contributed by atoms with Crippen molar-refractivity contribution in [1.82, 2.24) is 20.2 Å². The highest BCUT2D eigenvalue weighted by Crippen LogP contribution is 2.06. The zero-order valence-electron chi connectivity index (χ0n) is 13.8. The molecule has 0 aliphatic carbocycles. The number of carbonyl (C=O) groups is 1. The minimum absolute atomic E-state index is 0.0548. The van der Waals surface area contributed by atoms with E-state index < -0.39 is 0 Å². The Morgan fingerprint density at radius 3 is 3.04 bits per heavy atom. The van der Waals surface area contributed by atoms with Gasteiger partial charge in [0.05, 0.1) is 13.2 Å². The van der Waals surface area contributed by atoms with Gasteiger partial charge in [-0.1, -0.05) is 30.3 Å². The number of imidazole rings is 1. The third-order valence-electron chi connectivity index (χ3n) is 4.10. The predicted molar refractivity (Wildman–Crippen MR) is 91.7 cm³/mol. The molecule has 3 rings (SSSR count). The average Bonchev–Trinajstić information content (AvgIpc) is 3.04. The maximum absolute atomic E-state index is 12.0. The molecule has 1 unspecified atom stereocenters. The van der Waals surface area contributed by atoms with Crippen molar-refractivity contribution < 1.29 is 9.53 Å². The van der Waals surface area contributed by atoms with Crippen molar-refractivity contribution in [1.29, 1.82) is 0 Å². The Balaban J connectivity index is 1.43. The summed E-state index contributed by atoms with van der Waals surface area (Å²) in [5.74, 6) is 1.04. The first kappa shape index (κ1) is 16.7. The first-order chi connectivity index (χ1) is 11.8. The summed E-state index contributed by atoms with van der Waals surface area (Å²) >= 11 is 0. The van der Waals surface area contributed by atoms with E-state index in [-0.39, 0.29) is 11.9 Å². The summed E-state index contributed by atoms with van der Waals surface area (Å²) < 4.78 is 7.49. The monoisotopic (exact) mass is 328 g/mol. The zero-order chi connectivity index (χ0) is 16.6. The van der Waals surface area contributed by atoms with E-state index in [1.165, 1.54) is 5.56 Å². The van der Waals surface area contributed by atoms with E-state index in [1.807, 2.05) is 30.6 Å². The zero-order valence-corrected chi connectivity index (χ0v) is 13.8. The number of nitrogens with one attached hydrogen (secondary N) is 2. The molecule has 6 nitrogen and oxygen atoms in total. The fraction of sp³-hybridized carbons (Fsp3) is 0.444. The van der Waals surface area contributed by atoms with Crippen LogP contribution in [-0.4, -0.2) is 47.8 Å². The highest BCUT2D eigenvalue weighted by Gasteiger charge is 2.16. The van der Waals surface area contributed by atoms with Gasteiger partial charge in [-0.2, -0.15) is 0 Å². The fourth-order valence-corrected chi connectivity index (χ4v) is 2.85. The molecule has 2 heterocycles. The van der Waals surface area contributed by atoms with Crippen molar-refractivity contribution >= 4 is 5.91 Å². The van der Waals surface area contributed by atoms with Crippen LogP contribution in [0.3, 0.4) is 0 Å². The standard InChI is InChI=1S/C18H24N4O2/c23-18(12-16-14-24-11-9-19-16)21-7-6-17-20-8-10-22(17)13-15-4-2-1-3-5-15/h1-5,8,10,16,19H,6-7,9,11-14H2,(H,21,23). The van der Waals surface area contributed by atoms with E-state index in [0.29, 0.717) is 19.6 Å². The lowest BCUT2D eigenvalue weighted by molar-refractivity contribution is -0.122. The van der Waals surface area contributed by atoms with Gasteiger partial charge in [-0.3, -0.25) is 4.79 Å². The molecule has 1 aliphatic rings. The molecule has 1 amide bonds. The van der Waals surface area contributed by atoms with E-state index in [2.05, 4.69) is 32.3 Å². The normalized spacial score (nSPS) is 17.6. The smallest absolute Gasteiger partial charge is 0.221 e. The molecule has 24 heavy (non-hydrogen) atoms. The molecular formula is C18H24N4O2. The van der Waals surface area contributed by atoms with E-state index >= 15 is 0 Å². The molecule has 128 valence electrons. The second-order valence-corrected chi connectivity index (χ2v) is 5.99. The quantitative estimate of drug-likeness (QED) is 0.795. The average molecular weight is 328 g/mol. The molecule has 0 spiro atoms. The SMILES string of the molecule is O=C(CC1COCCN1)NCCc1nccn1Cc1ccccc1. The molecule has 1 aromatic heterocycles. The van der Waals surface area contributed by atoms with Crippen molar-refractivity contribution in [2.24, 2.45) is 0 Å². The van der Waals surface area contributed by atoms with Crippen LogP contribution < -0.4 is 10.6 Å². The number of nitrogens with zero attached hydrogens (tertiary/aromatic N) is 2. The molecule has 2 aromatic rings. The predicted octanol–water partition coefficient (Wildman–Crippen LogP) is 0.969. The molecule has 0 radical (unpaired) electrons. The molecule has 0 saturated carbocycles. The van der Waals surface area contributed by atoms with E-state index in [4.69, 9.17) is 4.74 Å². The highest BCUT2D eigenvalue weighted by atomic mass is 16.5. The highest BCUT2D eigenvalue weighted by molar-refractivity contribution is 5.76. The first-order valence-corrected chi connectivity index (χ1v) is 8.43. The summed E-state index contributed by atoms with van der Waals surface area (Å²) in [5, 5.41) is 6.26. The van der Waals surface area contributed by atoms with Crippen LogP contribution >= 0.6 is 0 Å². The second-order valence-electron chi connectivity index (χ2n) is 5.99. The third-order valence-corrected chi connectivity index (χ3v) is 4.10. The minimum atomic E-state index is 0.0548. The Bertz CT molecular complexity index is 635. The van der Waals surface area contributed by atoms with Crippen molar-refractivity contribution in [2.75, 3.05) is 26.3 Å². The topological polar surface area (TPSA) is 68.2 Å². The summed E-state index contributed by atoms with van der Waals surface area (Å²) in [6, 6.07) is 10.4. The van der Waals surface area contributed by atoms with Gasteiger partial charge in [0.25, 0.3) is 0 Å². The number of benzene rings is 1. The number of morpholine rings is 1. The van der Waals surface area contributed by atoms with Crippen molar-refractivity contribution in [3.63, 3.8) is 0 Å². The molecule has 0 bridgehead atoms. The maximum Gasteiger partial charge on any atom is 0.221 e. The van der Waals surface area contributed by atoms with Gasteiger partial charge < -0.3 is 19.9 Å². The van der Waals surface area contributed by atoms with Crippen LogP contribution in [0, 0.1) is 0 Å². The third kappa shape index (κ3) is 4.91. The number of ether oxygens (including phenoxy) is 1. The lowest BCUT2D eigenvalue weighted by atomic mass is 10.2. The van der Waals surface area contributed by atoms with Gasteiger partial charge in [-0.15, -0.1) is 0 Å². The Morgan fingerprint density at radius 1 is 1.38 bits per heavy atom. The summed E-state index contributed by atoms with van der Waals surface area (Å²) in [6.07, 6.45) is 4.97. The number of aromatic nitrogens is 2. The lowest BCUT2D eigenvalue weighted by Gasteiger charge is -2.23. The van der Waals surface area contributed by atoms with Crippen LogP contribution in [-0.2, 0) is 22.5 Å². The molecule has 2 N–H and O–H groups in total. The molecule has 1 aromatic carbocycles. The van der Waals surface area contributed by atoms with Crippen LogP contribution in [0.5, 0.6) is 0 Å². The number of carbonyl (C=O) groups excluding carboxylic acids is 1. The van der Waals surface area contributed by atoms with Gasteiger partial charge in [0.15, 0.2) is 0 Å². The molecule has 1 saturated heterocycles.